The van der Waals surface area contributed by atoms with Crippen LogP contribution in [0.1, 0.15) is 60.2 Å². The third kappa shape index (κ3) is 2.13. The van der Waals surface area contributed by atoms with Crippen LogP contribution in [0.2, 0.25) is 0 Å². The van der Waals surface area contributed by atoms with Crippen molar-refractivity contribution in [2.75, 3.05) is 11.9 Å². The fourth-order valence-corrected chi connectivity index (χ4v) is 3.45. The highest BCUT2D eigenvalue weighted by Gasteiger charge is 2.29. The van der Waals surface area contributed by atoms with E-state index in [9.17, 15) is 0 Å². The average Bonchev–Trinajstić information content (AvgIpc) is 2.80. The van der Waals surface area contributed by atoms with Gasteiger partial charge >= 0.3 is 0 Å². The van der Waals surface area contributed by atoms with E-state index in [-0.39, 0.29) is 0 Å². The Hall–Kier alpha value is -1.84. The number of hydrogen-bond donors (Lipinski definition) is 1. The monoisotopic (exact) mass is 282 g/mol. The number of nitrogens with one attached hydrogen (secondary N) is 1. The van der Waals surface area contributed by atoms with Crippen LogP contribution < -0.4 is 5.32 Å². The molecule has 4 nitrogen and oxygen atoms in total. The second-order valence-electron chi connectivity index (χ2n) is 6.46. The van der Waals surface area contributed by atoms with Gasteiger partial charge in [-0.25, -0.2) is 4.68 Å². The summed E-state index contributed by atoms with van der Waals surface area (Å²) in [7, 11) is 0. The lowest BCUT2D eigenvalue weighted by atomic mass is 9.85. The minimum Gasteiger partial charge on any atom is -0.354 e. The fraction of sp³-hybridized carbons (Fsp3) is 0.529. The van der Waals surface area contributed by atoms with Crippen LogP contribution in [-0.4, -0.2) is 21.3 Å². The van der Waals surface area contributed by atoms with Gasteiger partial charge in [0.05, 0.1) is 6.04 Å². The highest BCUT2D eigenvalue weighted by Crippen LogP contribution is 2.37. The molecule has 2 aliphatic rings. The number of benzene rings is 1. The number of hydrogen-bond acceptors (Lipinski definition) is 3. The molecular formula is C17H22N4. The SMILES string of the molecule is Cc1ccc(C2CCNc3nc(C4CCC4)nn32)c(C)c1. The van der Waals surface area contributed by atoms with Gasteiger partial charge in [0.1, 0.15) is 0 Å². The number of aromatic nitrogens is 3. The second kappa shape index (κ2) is 4.86. The van der Waals surface area contributed by atoms with E-state index < -0.39 is 0 Å². The molecule has 0 saturated heterocycles. The average molecular weight is 282 g/mol. The molecule has 1 aromatic heterocycles. The molecule has 4 rings (SSSR count). The number of anilines is 1. The maximum absolute atomic E-state index is 4.84. The first-order valence-electron chi connectivity index (χ1n) is 8.00. The van der Waals surface area contributed by atoms with Crippen molar-refractivity contribution in [3.8, 4) is 0 Å². The molecule has 1 fully saturated rings. The van der Waals surface area contributed by atoms with E-state index >= 15 is 0 Å². The van der Waals surface area contributed by atoms with Gasteiger partial charge in [0.25, 0.3) is 0 Å². The van der Waals surface area contributed by atoms with E-state index in [1.54, 1.807) is 0 Å². The summed E-state index contributed by atoms with van der Waals surface area (Å²) in [5.74, 6) is 2.58. The minimum absolute atomic E-state index is 0.322. The zero-order valence-corrected chi connectivity index (χ0v) is 12.8. The summed E-state index contributed by atoms with van der Waals surface area (Å²) in [6.45, 7) is 5.32. The second-order valence-corrected chi connectivity index (χ2v) is 6.46. The molecule has 2 heterocycles. The Labute approximate surface area is 125 Å². The van der Waals surface area contributed by atoms with Crippen LogP contribution in [0.5, 0.6) is 0 Å². The Bertz CT molecular complexity index is 669. The van der Waals surface area contributed by atoms with Crippen LogP contribution in [0.4, 0.5) is 5.95 Å². The molecule has 1 saturated carbocycles. The van der Waals surface area contributed by atoms with Crippen molar-refractivity contribution in [2.45, 2.75) is 51.5 Å². The number of rotatable bonds is 2. The van der Waals surface area contributed by atoms with Crippen LogP contribution in [0, 0.1) is 13.8 Å². The van der Waals surface area contributed by atoms with Crippen LogP contribution in [-0.2, 0) is 0 Å². The zero-order chi connectivity index (χ0) is 14.4. The van der Waals surface area contributed by atoms with Gasteiger partial charge < -0.3 is 5.32 Å². The minimum atomic E-state index is 0.322. The molecule has 4 heteroatoms. The van der Waals surface area contributed by atoms with E-state index in [2.05, 4.69) is 42.0 Å². The largest absolute Gasteiger partial charge is 0.354 e. The predicted octanol–water partition coefficient (Wildman–Crippen LogP) is 3.57. The molecule has 0 amide bonds. The smallest absolute Gasteiger partial charge is 0.221 e. The predicted molar refractivity (Wildman–Crippen MR) is 83.8 cm³/mol. The standard InChI is InChI=1S/C17H22N4/c1-11-6-7-14(12(2)10-11)15-8-9-18-17-19-16(20-21(15)17)13-4-3-5-13/h6-7,10,13,15H,3-5,8-9H2,1-2H3,(H,18,19,20). The van der Waals surface area contributed by atoms with Crippen molar-refractivity contribution >= 4 is 5.95 Å². The number of aryl methyl sites for hydroxylation is 2. The molecular weight excluding hydrogens is 260 g/mol. The maximum atomic E-state index is 4.84. The third-order valence-electron chi connectivity index (χ3n) is 4.90. The van der Waals surface area contributed by atoms with Crippen molar-refractivity contribution < 1.29 is 0 Å². The molecule has 1 unspecified atom stereocenters. The first-order chi connectivity index (χ1) is 10.2. The molecule has 0 radical (unpaired) electrons. The summed E-state index contributed by atoms with van der Waals surface area (Å²) >= 11 is 0. The van der Waals surface area contributed by atoms with Gasteiger partial charge in [0.15, 0.2) is 5.82 Å². The maximum Gasteiger partial charge on any atom is 0.221 e. The van der Waals surface area contributed by atoms with E-state index in [0.717, 1.165) is 24.7 Å². The zero-order valence-electron chi connectivity index (χ0n) is 12.8. The quantitative estimate of drug-likeness (QED) is 0.915. The Balaban J connectivity index is 1.73. The molecule has 21 heavy (non-hydrogen) atoms. The molecule has 0 spiro atoms. The van der Waals surface area contributed by atoms with Crippen LogP contribution in [0.25, 0.3) is 0 Å². The van der Waals surface area contributed by atoms with E-state index in [1.807, 2.05) is 0 Å². The van der Waals surface area contributed by atoms with Gasteiger partial charge in [0, 0.05) is 12.5 Å². The Morgan fingerprint density at radius 3 is 2.76 bits per heavy atom. The summed E-state index contributed by atoms with van der Waals surface area (Å²) in [6, 6.07) is 7.05. The Kier molecular flexibility index (Phi) is 2.98. The van der Waals surface area contributed by atoms with Gasteiger partial charge in [-0.3, -0.25) is 0 Å². The molecule has 1 N–H and O–H groups in total. The summed E-state index contributed by atoms with van der Waals surface area (Å²) in [5.41, 5.74) is 4.06. The van der Waals surface area contributed by atoms with Gasteiger partial charge in [-0.1, -0.05) is 30.2 Å². The van der Waals surface area contributed by atoms with Crippen molar-refractivity contribution in [3.05, 3.63) is 40.7 Å². The fourth-order valence-electron chi connectivity index (χ4n) is 3.45. The van der Waals surface area contributed by atoms with Crippen LogP contribution >= 0.6 is 0 Å². The lowest BCUT2D eigenvalue weighted by Gasteiger charge is -2.26. The highest BCUT2D eigenvalue weighted by atomic mass is 15.4. The first-order valence-corrected chi connectivity index (χ1v) is 8.00. The van der Waals surface area contributed by atoms with Crippen LogP contribution in [0.3, 0.4) is 0 Å². The summed E-state index contributed by atoms with van der Waals surface area (Å²) < 4.78 is 2.12. The Morgan fingerprint density at radius 1 is 1.19 bits per heavy atom. The third-order valence-corrected chi connectivity index (χ3v) is 4.90. The van der Waals surface area contributed by atoms with Crippen molar-refractivity contribution in [1.29, 1.82) is 0 Å². The van der Waals surface area contributed by atoms with Crippen molar-refractivity contribution in [1.82, 2.24) is 14.8 Å². The van der Waals surface area contributed by atoms with E-state index in [1.165, 1.54) is 36.0 Å². The lowest BCUT2D eigenvalue weighted by Crippen LogP contribution is -2.25. The molecule has 1 aromatic carbocycles. The summed E-state index contributed by atoms with van der Waals surface area (Å²) in [4.78, 5) is 4.74. The van der Waals surface area contributed by atoms with Gasteiger partial charge in [-0.15, -0.1) is 0 Å². The molecule has 110 valence electrons. The normalized spacial score (nSPS) is 21.5. The summed E-state index contributed by atoms with van der Waals surface area (Å²) in [5, 5.41) is 8.24. The first kappa shape index (κ1) is 12.9. The molecule has 1 aliphatic heterocycles. The van der Waals surface area contributed by atoms with E-state index in [0.29, 0.717) is 12.0 Å². The highest BCUT2D eigenvalue weighted by molar-refractivity contribution is 5.38. The molecule has 0 bridgehead atoms. The Morgan fingerprint density at radius 2 is 2.05 bits per heavy atom. The van der Waals surface area contributed by atoms with Gasteiger partial charge in [0.2, 0.25) is 5.95 Å². The molecule has 1 aliphatic carbocycles. The molecule has 2 aromatic rings. The van der Waals surface area contributed by atoms with E-state index in [4.69, 9.17) is 10.1 Å². The number of fused-ring (bicyclic) bond motifs is 1. The van der Waals surface area contributed by atoms with Gasteiger partial charge in [-0.05, 0) is 44.2 Å². The topological polar surface area (TPSA) is 42.7 Å². The number of nitrogens with zero attached hydrogens (tertiary/aromatic N) is 3. The van der Waals surface area contributed by atoms with Gasteiger partial charge in [-0.2, -0.15) is 10.1 Å². The molecule has 1 atom stereocenters. The van der Waals surface area contributed by atoms with Crippen LogP contribution in [0.15, 0.2) is 18.2 Å². The summed E-state index contributed by atoms with van der Waals surface area (Å²) in [6.07, 6.45) is 4.89. The lowest BCUT2D eigenvalue weighted by molar-refractivity contribution is 0.393. The van der Waals surface area contributed by atoms with Crippen molar-refractivity contribution in [3.63, 3.8) is 0 Å². The van der Waals surface area contributed by atoms with Crippen molar-refractivity contribution in [2.24, 2.45) is 0 Å².